The largest absolute Gasteiger partial charge is 0.494 e. The normalized spacial score (nSPS) is 16.9. The van der Waals surface area contributed by atoms with Crippen LogP contribution in [0.4, 0.5) is 0 Å². The Labute approximate surface area is 99.6 Å². The first-order chi connectivity index (χ1) is 8.19. The first-order valence-corrected chi connectivity index (χ1v) is 5.41. The van der Waals surface area contributed by atoms with Gasteiger partial charge in [0.2, 0.25) is 0 Å². The van der Waals surface area contributed by atoms with Gasteiger partial charge in [-0.25, -0.2) is 9.79 Å². The van der Waals surface area contributed by atoms with Gasteiger partial charge in [0.05, 0.1) is 6.61 Å². The maximum absolute atomic E-state index is 11.4. The predicted molar refractivity (Wildman–Crippen MR) is 64.8 cm³/mol. The summed E-state index contributed by atoms with van der Waals surface area (Å²) >= 11 is 0. The van der Waals surface area contributed by atoms with Crippen molar-refractivity contribution in [3.63, 3.8) is 0 Å². The molecular weight excluding hydrogens is 218 g/mol. The summed E-state index contributed by atoms with van der Waals surface area (Å²) in [7, 11) is 0. The molecule has 0 atom stereocenters. The Morgan fingerprint density at radius 1 is 1.47 bits per heavy atom. The van der Waals surface area contributed by atoms with E-state index in [9.17, 15) is 4.79 Å². The van der Waals surface area contributed by atoms with Crippen molar-refractivity contribution in [2.75, 3.05) is 6.61 Å². The second kappa shape index (κ2) is 4.82. The monoisotopic (exact) mass is 231 g/mol. The number of carbonyl (C=O) groups is 1. The van der Waals surface area contributed by atoms with Crippen molar-refractivity contribution in [2.45, 2.75) is 13.8 Å². The number of cyclic esters (lactones) is 1. The third-order valence-corrected chi connectivity index (χ3v) is 2.20. The van der Waals surface area contributed by atoms with E-state index in [-0.39, 0.29) is 0 Å². The lowest BCUT2D eigenvalue weighted by Gasteiger charge is -2.03. The summed E-state index contributed by atoms with van der Waals surface area (Å²) in [6, 6.07) is 7.47. The number of aliphatic imine (C=N–C) groups is 1. The minimum absolute atomic E-state index is 0.316. The molecular formula is C13H13NO3. The average molecular weight is 231 g/mol. The molecule has 0 aliphatic carbocycles. The second-order valence-corrected chi connectivity index (χ2v) is 3.56. The Kier molecular flexibility index (Phi) is 3.23. The Morgan fingerprint density at radius 2 is 2.29 bits per heavy atom. The molecule has 0 bridgehead atoms. The lowest BCUT2D eigenvalue weighted by atomic mass is 10.2. The molecule has 1 aromatic rings. The second-order valence-electron chi connectivity index (χ2n) is 3.56. The zero-order chi connectivity index (χ0) is 12.3. The molecule has 4 nitrogen and oxygen atoms in total. The third-order valence-electron chi connectivity index (χ3n) is 2.20. The molecule has 17 heavy (non-hydrogen) atoms. The lowest BCUT2D eigenvalue weighted by molar-refractivity contribution is -0.130. The number of benzene rings is 1. The zero-order valence-corrected chi connectivity index (χ0v) is 9.77. The molecule has 2 rings (SSSR count). The summed E-state index contributed by atoms with van der Waals surface area (Å²) in [5.74, 6) is 0.737. The van der Waals surface area contributed by atoms with Crippen LogP contribution in [0.25, 0.3) is 6.08 Å². The van der Waals surface area contributed by atoms with E-state index >= 15 is 0 Å². The van der Waals surface area contributed by atoms with Crippen molar-refractivity contribution in [3.8, 4) is 5.75 Å². The Morgan fingerprint density at radius 3 is 2.94 bits per heavy atom. The molecule has 1 aromatic carbocycles. The van der Waals surface area contributed by atoms with Gasteiger partial charge in [0.15, 0.2) is 11.6 Å². The van der Waals surface area contributed by atoms with Crippen LogP contribution in [0, 0.1) is 0 Å². The van der Waals surface area contributed by atoms with Crippen molar-refractivity contribution in [1.82, 2.24) is 0 Å². The number of rotatable bonds is 3. The van der Waals surface area contributed by atoms with Crippen LogP contribution in [-0.2, 0) is 9.53 Å². The molecule has 0 amide bonds. The SMILES string of the molecule is CCOc1cccc(C=C2N=C(C)OC2=O)c1. The van der Waals surface area contributed by atoms with Crippen LogP contribution < -0.4 is 4.74 Å². The van der Waals surface area contributed by atoms with Crippen molar-refractivity contribution < 1.29 is 14.3 Å². The lowest BCUT2D eigenvalue weighted by Crippen LogP contribution is -1.99. The summed E-state index contributed by atoms with van der Waals surface area (Å²) in [4.78, 5) is 15.4. The number of hydrogen-bond donors (Lipinski definition) is 0. The van der Waals surface area contributed by atoms with Crippen molar-refractivity contribution in [1.29, 1.82) is 0 Å². The van der Waals surface area contributed by atoms with Gasteiger partial charge in [-0.15, -0.1) is 0 Å². The van der Waals surface area contributed by atoms with Crippen molar-refractivity contribution in [2.24, 2.45) is 4.99 Å². The molecule has 1 aliphatic heterocycles. The summed E-state index contributed by atoms with van der Waals surface area (Å²) in [5.41, 5.74) is 1.18. The van der Waals surface area contributed by atoms with Gasteiger partial charge < -0.3 is 9.47 Å². The molecule has 0 spiro atoms. The van der Waals surface area contributed by atoms with Crippen molar-refractivity contribution in [3.05, 3.63) is 35.5 Å². The van der Waals surface area contributed by atoms with E-state index in [2.05, 4.69) is 4.99 Å². The molecule has 0 aromatic heterocycles. The quantitative estimate of drug-likeness (QED) is 0.592. The molecule has 0 N–H and O–H groups in total. The summed E-state index contributed by atoms with van der Waals surface area (Å²) < 4.78 is 10.2. The molecule has 0 fully saturated rings. The predicted octanol–water partition coefficient (Wildman–Crippen LogP) is 2.40. The van der Waals surface area contributed by atoms with Gasteiger partial charge in [0.1, 0.15) is 5.75 Å². The summed E-state index contributed by atoms with van der Waals surface area (Å²) in [6.45, 7) is 4.18. The average Bonchev–Trinajstić information content (AvgIpc) is 2.58. The molecule has 0 unspecified atom stereocenters. The van der Waals surface area contributed by atoms with Crippen LogP contribution in [-0.4, -0.2) is 18.5 Å². The van der Waals surface area contributed by atoms with E-state index < -0.39 is 5.97 Å². The van der Waals surface area contributed by atoms with E-state index in [1.165, 1.54) is 0 Å². The fraction of sp³-hybridized carbons (Fsp3) is 0.231. The van der Waals surface area contributed by atoms with Gasteiger partial charge in [0.25, 0.3) is 0 Å². The highest BCUT2D eigenvalue weighted by atomic mass is 16.6. The first kappa shape index (κ1) is 11.4. The Bertz CT molecular complexity index is 503. The molecule has 0 saturated heterocycles. The maximum Gasteiger partial charge on any atom is 0.363 e. The molecule has 88 valence electrons. The van der Waals surface area contributed by atoms with Crippen molar-refractivity contribution >= 4 is 17.9 Å². The Hall–Kier alpha value is -2.10. The van der Waals surface area contributed by atoms with Crippen LogP contribution in [0.1, 0.15) is 19.4 Å². The van der Waals surface area contributed by atoms with Crippen LogP contribution >= 0.6 is 0 Å². The van der Waals surface area contributed by atoms with E-state index in [1.807, 2.05) is 31.2 Å². The number of hydrogen-bond acceptors (Lipinski definition) is 4. The molecule has 0 radical (unpaired) electrons. The van der Waals surface area contributed by atoms with Gasteiger partial charge in [-0.2, -0.15) is 0 Å². The molecule has 4 heteroatoms. The first-order valence-electron chi connectivity index (χ1n) is 5.41. The van der Waals surface area contributed by atoms with Gasteiger partial charge in [-0.05, 0) is 30.7 Å². The minimum Gasteiger partial charge on any atom is -0.494 e. The van der Waals surface area contributed by atoms with Crippen LogP contribution in [0.5, 0.6) is 5.75 Å². The van der Waals surface area contributed by atoms with E-state index in [4.69, 9.17) is 9.47 Å². The van der Waals surface area contributed by atoms with Crippen LogP contribution in [0.15, 0.2) is 35.0 Å². The summed E-state index contributed by atoms with van der Waals surface area (Å²) in [5, 5.41) is 0. The number of esters is 1. The van der Waals surface area contributed by atoms with E-state index in [0.29, 0.717) is 18.2 Å². The number of nitrogens with zero attached hydrogens (tertiary/aromatic N) is 1. The van der Waals surface area contributed by atoms with Gasteiger partial charge in [-0.3, -0.25) is 0 Å². The zero-order valence-electron chi connectivity index (χ0n) is 9.77. The maximum atomic E-state index is 11.4. The smallest absolute Gasteiger partial charge is 0.363 e. The third kappa shape index (κ3) is 2.72. The van der Waals surface area contributed by atoms with E-state index in [1.54, 1.807) is 13.0 Å². The Balaban J connectivity index is 2.26. The summed E-state index contributed by atoms with van der Waals surface area (Å²) in [6.07, 6.45) is 1.68. The molecule has 1 heterocycles. The van der Waals surface area contributed by atoms with Gasteiger partial charge >= 0.3 is 5.97 Å². The van der Waals surface area contributed by atoms with Gasteiger partial charge in [0, 0.05) is 6.92 Å². The number of carbonyl (C=O) groups excluding carboxylic acids is 1. The van der Waals surface area contributed by atoms with Crippen LogP contribution in [0.2, 0.25) is 0 Å². The van der Waals surface area contributed by atoms with Gasteiger partial charge in [-0.1, -0.05) is 12.1 Å². The number of ether oxygens (including phenoxy) is 2. The fourth-order valence-corrected chi connectivity index (χ4v) is 1.53. The standard InChI is InChI=1S/C13H13NO3/c1-3-16-11-6-4-5-10(7-11)8-12-13(15)17-9(2)14-12/h4-8H,3H2,1-2H3. The van der Waals surface area contributed by atoms with Crippen LogP contribution in [0.3, 0.4) is 0 Å². The highest BCUT2D eigenvalue weighted by Crippen LogP contribution is 2.19. The van der Waals surface area contributed by atoms with E-state index in [0.717, 1.165) is 11.3 Å². The highest BCUT2D eigenvalue weighted by Gasteiger charge is 2.19. The minimum atomic E-state index is -0.413. The topological polar surface area (TPSA) is 47.9 Å². The molecule has 1 aliphatic rings. The molecule has 0 saturated carbocycles. The highest BCUT2D eigenvalue weighted by molar-refractivity contribution is 6.06. The fourth-order valence-electron chi connectivity index (χ4n) is 1.53.